The van der Waals surface area contributed by atoms with E-state index in [0.717, 1.165) is 11.3 Å². The molecule has 2 N–H and O–H groups in total. The number of pyridine rings is 1. The maximum atomic E-state index is 12.1. The van der Waals surface area contributed by atoms with Crippen molar-refractivity contribution in [2.45, 2.75) is 11.8 Å². The third-order valence-corrected chi connectivity index (χ3v) is 4.84. The molecule has 8 heteroatoms. The zero-order valence-electron chi connectivity index (χ0n) is 9.82. The van der Waals surface area contributed by atoms with Gasteiger partial charge in [0.1, 0.15) is 9.77 Å². The third kappa shape index (κ3) is 2.74. The maximum absolute atomic E-state index is 12.1. The number of thiophene rings is 1. The molecule has 0 bridgehead atoms. The molecular weight excluding hydrogens is 288 g/mol. The van der Waals surface area contributed by atoms with E-state index < -0.39 is 16.0 Å². The molecule has 0 amide bonds. The second kappa shape index (κ2) is 4.98. The van der Waals surface area contributed by atoms with E-state index in [2.05, 4.69) is 9.71 Å². The molecule has 2 aromatic heterocycles. The van der Waals surface area contributed by atoms with Crippen LogP contribution in [0.15, 0.2) is 34.8 Å². The minimum absolute atomic E-state index is 0.214. The Morgan fingerprint density at radius 2 is 2.16 bits per heavy atom. The molecule has 0 aliphatic heterocycles. The summed E-state index contributed by atoms with van der Waals surface area (Å²) in [7, 11) is -3.93. The lowest BCUT2D eigenvalue weighted by molar-refractivity contribution is 0.0698. The van der Waals surface area contributed by atoms with Crippen molar-refractivity contribution >= 4 is 33.0 Å². The van der Waals surface area contributed by atoms with Crippen molar-refractivity contribution < 1.29 is 18.3 Å². The van der Waals surface area contributed by atoms with Crippen molar-refractivity contribution in [3.8, 4) is 0 Å². The summed E-state index contributed by atoms with van der Waals surface area (Å²) in [5.41, 5.74) is 1.02. The van der Waals surface area contributed by atoms with E-state index in [-0.39, 0.29) is 9.77 Å². The van der Waals surface area contributed by atoms with Gasteiger partial charge in [0.15, 0.2) is 0 Å². The average Bonchev–Trinajstić information content (AvgIpc) is 2.82. The number of carbonyl (C=O) groups is 1. The molecule has 100 valence electrons. The van der Waals surface area contributed by atoms with Gasteiger partial charge in [-0.25, -0.2) is 13.2 Å². The summed E-state index contributed by atoms with van der Waals surface area (Å²) in [4.78, 5) is 14.3. The first-order chi connectivity index (χ1) is 8.92. The van der Waals surface area contributed by atoms with Gasteiger partial charge in [-0.1, -0.05) is 0 Å². The topological polar surface area (TPSA) is 96.4 Å². The van der Waals surface area contributed by atoms with Gasteiger partial charge in [-0.2, -0.15) is 0 Å². The third-order valence-electron chi connectivity index (χ3n) is 2.40. The number of aromatic carboxylic acids is 1. The van der Waals surface area contributed by atoms with Crippen LogP contribution in [0.2, 0.25) is 0 Å². The SMILES string of the molecule is Cc1ccncc1NS(=O)(=O)c1ccsc1C(=O)O. The Morgan fingerprint density at radius 1 is 1.42 bits per heavy atom. The highest BCUT2D eigenvalue weighted by Crippen LogP contribution is 2.25. The first kappa shape index (κ1) is 13.5. The monoisotopic (exact) mass is 298 g/mol. The lowest BCUT2D eigenvalue weighted by Gasteiger charge is -2.09. The molecule has 0 aliphatic carbocycles. The number of rotatable bonds is 4. The van der Waals surface area contributed by atoms with Crippen LogP contribution in [0.5, 0.6) is 0 Å². The first-order valence-electron chi connectivity index (χ1n) is 5.16. The smallest absolute Gasteiger partial charge is 0.347 e. The van der Waals surface area contributed by atoms with E-state index in [0.29, 0.717) is 11.3 Å². The fourth-order valence-corrected chi connectivity index (χ4v) is 3.81. The van der Waals surface area contributed by atoms with Crippen LogP contribution in [0, 0.1) is 6.92 Å². The second-order valence-electron chi connectivity index (χ2n) is 3.72. The van der Waals surface area contributed by atoms with Gasteiger partial charge in [-0.15, -0.1) is 11.3 Å². The lowest BCUT2D eigenvalue weighted by atomic mass is 10.3. The van der Waals surface area contributed by atoms with Crippen LogP contribution >= 0.6 is 11.3 Å². The largest absolute Gasteiger partial charge is 0.477 e. The van der Waals surface area contributed by atoms with Crippen molar-refractivity contribution in [1.29, 1.82) is 0 Å². The standard InChI is InChI=1S/C11H10N2O4S2/c1-7-2-4-12-6-8(7)13-19(16,17)9-3-5-18-10(9)11(14)15/h2-6,13H,1H3,(H,14,15). The lowest BCUT2D eigenvalue weighted by Crippen LogP contribution is -2.15. The maximum Gasteiger partial charge on any atom is 0.347 e. The van der Waals surface area contributed by atoms with E-state index in [1.54, 1.807) is 19.2 Å². The summed E-state index contributed by atoms with van der Waals surface area (Å²) in [6, 6.07) is 2.92. The molecule has 0 saturated heterocycles. The van der Waals surface area contributed by atoms with Gasteiger partial charge in [0.2, 0.25) is 0 Å². The number of sulfonamides is 1. The summed E-state index contributed by atoms with van der Waals surface area (Å²) in [5, 5.41) is 10.4. The predicted molar refractivity (Wildman–Crippen MR) is 71.1 cm³/mol. The van der Waals surface area contributed by atoms with Crippen LogP contribution in [0.25, 0.3) is 0 Å². The van der Waals surface area contributed by atoms with Crippen LogP contribution in [0.3, 0.4) is 0 Å². The van der Waals surface area contributed by atoms with E-state index in [4.69, 9.17) is 5.11 Å². The van der Waals surface area contributed by atoms with Gasteiger partial charge < -0.3 is 5.11 Å². The van der Waals surface area contributed by atoms with Crippen molar-refractivity contribution in [2.75, 3.05) is 4.72 Å². The molecule has 0 unspecified atom stereocenters. The number of carboxylic acids is 1. The minimum Gasteiger partial charge on any atom is -0.477 e. The summed E-state index contributed by atoms with van der Waals surface area (Å²) >= 11 is 0.865. The molecule has 2 heterocycles. The highest BCUT2D eigenvalue weighted by Gasteiger charge is 2.24. The fraction of sp³-hybridized carbons (Fsp3) is 0.0909. The fourth-order valence-electron chi connectivity index (χ4n) is 1.44. The minimum atomic E-state index is -3.93. The molecule has 6 nitrogen and oxygen atoms in total. The number of aryl methyl sites for hydroxylation is 1. The molecule has 2 rings (SSSR count). The van der Waals surface area contributed by atoms with Crippen LogP contribution < -0.4 is 4.72 Å². The van der Waals surface area contributed by atoms with Gasteiger partial charge in [0.05, 0.1) is 11.9 Å². The number of aromatic nitrogens is 1. The van der Waals surface area contributed by atoms with Crippen molar-refractivity contribution in [1.82, 2.24) is 4.98 Å². The summed E-state index contributed by atoms with van der Waals surface area (Å²) < 4.78 is 26.6. The molecular formula is C11H10N2O4S2. The Morgan fingerprint density at radius 3 is 2.79 bits per heavy atom. The van der Waals surface area contributed by atoms with Crippen molar-refractivity contribution in [2.24, 2.45) is 0 Å². The number of anilines is 1. The van der Waals surface area contributed by atoms with Gasteiger partial charge in [0, 0.05) is 6.20 Å². The molecule has 0 radical (unpaired) electrons. The average molecular weight is 298 g/mol. The summed E-state index contributed by atoms with van der Waals surface area (Å²) in [6.45, 7) is 1.73. The van der Waals surface area contributed by atoms with Crippen LogP contribution in [-0.4, -0.2) is 24.5 Å². The Bertz CT molecular complexity index is 722. The number of hydrogen-bond acceptors (Lipinski definition) is 5. The quantitative estimate of drug-likeness (QED) is 0.899. The predicted octanol–water partition coefficient (Wildman–Crippen LogP) is 1.95. The van der Waals surface area contributed by atoms with Crippen molar-refractivity contribution in [3.05, 3.63) is 40.3 Å². The Labute approximate surface area is 113 Å². The number of nitrogens with one attached hydrogen (secondary N) is 1. The number of hydrogen-bond donors (Lipinski definition) is 2. The molecule has 0 saturated carbocycles. The Balaban J connectivity index is 2.41. The van der Waals surface area contributed by atoms with E-state index in [1.165, 1.54) is 17.6 Å². The van der Waals surface area contributed by atoms with E-state index in [1.807, 2.05) is 0 Å². The molecule has 0 spiro atoms. The van der Waals surface area contributed by atoms with Crippen LogP contribution in [0.1, 0.15) is 15.2 Å². The molecule has 0 fully saturated rings. The first-order valence-corrected chi connectivity index (χ1v) is 7.52. The summed E-state index contributed by atoms with van der Waals surface area (Å²) in [5.74, 6) is -1.27. The van der Waals surface area contributed by atoms with Crippen molar-refractivity contribution in [3.63, 3.8) is 0 Å². The molecule has 19 heavy (non-hydrogen) atoms. The number of carboxylic acid groups (broad SMARTS) is 1. The highest BCUT2D eigenvalue weighted by molar-refractivity contribution is 7.93. The normalized spacial score (nSPS) is 11.2. The molecule has 0 atom stereocenters. The Hall–Kier alpha value is -1.93. The van der Waals surface area contributed by atoms with Gasteiger partial charge in [-0.05, 0) is 30.0 Å². The molecule has 2 aromatic rings. The molecule has 0 aliphatic rings. The molecule has 0 aromatic carbocycles. The zero-order chi connectivity index (χ0) is 14.0. The second-order valence-corrected chi connectivity index (χ2v) is 6.28. The summed E-state index contributed by atoms with van der Waals surface area (Å²) in [6.07, 6.45) is 2.92. The van der Waals surface area contributed by atoms with E-state index in [9.17, 15) is 13.2 Å². The van der Waals surface area contributed by atoms with E-state index >= 15 is 0 Å². The Kier molecular flexibility index (Phi) is 3.54. The van der Waals surface area contributed by atoms with Gasteiger partial charge >= 0.3 is 5.97 Å². The zero-order valence-corrected chi connectivity index (χ0v) is 11.5. The number of nitrogens with zero attached hydrogens (tertiary/aromatic N) is 1. The highest BCUT2D eigenvalue weighted by atomic mass is 32.2. The van der Waals surface area contributed by atoms with Gasteiger partial charge in [0.25, 0.3) is 10.0 Å². The van der Waals surface area contributed by atoms with Crippen LogP contribution in [0.4, 0.5) is 5.69 Å². The van der Waals surface area contributed by atoms with Crippen LogP contribution in [-0.2, 0) is 10.0 Å². The van der Waals surface area contributed by atoms with Gasteiger partial charge in [-0.3, -0.25) is 9.71 Å².